The first kappa shape index (κ1) is 35.5. The van der Waals surface area contributed by atoms with Gasteiger partial charge in [-0.05, 0) is 78.3 Å². The van der Waals surface area contributed by atoms with Crippen LogP contribution in [0.2, 0.25) is 0 Å². The molecule has 0 spiro atoms. The monoisotopic (exact) mass is 607 g/mol. The minimum Gasteiger partial charge on any atom is -0.270 e. The van der Waals surface area contributed by atoms with Crippen molar-refractivity contribution in [3.63, 3.8) is 0 Å². The molecule has 3 heteroatoms. The Morgan fingerprint density at radius 3 is 2.09 bits per heavy atom. The highest BCUT2D eigenvalue weighted by Gasteiger charge is 2.34. The van der Waals surface area contributed by atoms with E-state index in [0.29, 0.717) is 0 Å². The Bertz CT molecular complexity index is 1650. The van der Waals surface area contributed by atoms with E-state index in [2.05, 4.69) is 136 Å². The number of allylic oxidation sites excluding steroid dienone is 20. The zero-order valence-corrected chi connectivity index (χ0v) is 28.1. The van der Waals surface area contributed by atoms with Gasteiger partial charge in [0.2, 0.25) is 0 Å². The summed E-state index contributed by atoms with van der Waals surface area (Å²) in [5.74, 6) is 5.98. The maximum absolute atomic E-state index is 5.98. The Labute approximate surface area is 277 Å². The standard InChI is InChI=1S/C28H29N3.C15H20/c1-5-6-8-13-23-18-28(3,4)26-16-20(2)24-17-22(21-11-9-7-10-12-21)14-15-27(24)31(30-29)19-25(23)26;1-5-9-11-14(7-3)13-15(8-4)12-10-6-2/h5-19,30H,2,29H2,1,3-4H3;5-12H,1-2,13H2,3-4H3/b6-5-,13-8-,25-19-,26-16+;11-9-,12-10-,14-7+,15-8+. The number of fused-ring (bicyclic) bond motifs is 2. The summed E-state index contributed by atoms with van der Waals surface area (Å²) in [7, 11) is 0. The molecule has 1 heterocycles. The molecule has 0 saturated carbocycles. The van der Waals surface area contributed by atoms with Gasteiger partial charge in [-0.25, -0.2) is 0 Å². The highest BCUT2D eigenvalue weighted by molar-refractivity contribution is 5.88. The lowest BCUT2D eigenvalue weighted by molar-refractivity contribution is 0.605. The van der Waals surface area contributed by atoms with Crippen LogP contribution in [0.4, 0.5) is 5.69 Å². The van der Waals surface area contributed by atoms with E-state index in [0.717, 1.165) is 34.4 Å². The molecule has 0 radical (unpaired) electrons. The van der Waals surface area contributed by atoms with E-state index in [1.807, 2.05) is 56.2 Å². The molecule has 2 aromatic rings. The number of anilines is 1. The van der Waals surface area contributed by atoms with Crippen molar-refractivity contribution in [1.82, 2.24) is 5.53 Å². The average molecular weight is 608 g/mol. The van der Waals surface area contributed by atoms with Gasteiger partial charge in [0.25, 0.3) is 0 Å². The Balaban J connectivity index is 0.000000326. The van der Waals surface area contributed by atoms with Gasteiger partial charge in [-0.15, -0.1) is 0 Å². The lowest BCUT2D eigenvalue weighted by atomic mass is 9.83. The molecular weight excluding hydrogens is 558 g/mol. The van der Waals surface area contributed by atoms with Crippen LogP contribution in [-0.4, -0.2) is 0 Å². The molecule has 3 N–H and O–H groups in total. The Hall–Kier alpha value is -4.96. The quantitative estimate of drug-likeness (QED) is 0.160. The largest absolute Gasteiger partial charge is 0.270 e. The smallest absolute Gasteiger partial charge is 0.0663 e. The van der Waals surface area contributed by atoms with E-state index in [1.54, 1.807) is 12.2 Å². The van der Waals surface area contributed by atoms with Crippen LogP contribution in [0.1, 0.15) is 46.6 Å². The van der Waals surface area contributed by atoms with Crippen molar-refractivity contribution >= 4 is 11.3 Å². The molecule has 2 aromatic carbocycles. The second-order valence-corrected chi connectivity index (χ2v) is 11.5. The summed E-state index contributed by atoms with van der Waals surface area (Å²) in [6.07, 6.45) is 31.7. The number of hydrazine groups is 2. The van der Waals surface area contributed by atoms with Gasteiger partial charge in [0.05, 0.1) is 5.69 Å². The van der Waals surface area contributed by atoms with Crippen molar-refractivity contribution in [3.8, 4) is 11.1 Å². The first-order valence-corrected chi connectivity index (χ1v) is 15.7. The molecule has 0 unspecified atom stereocenters. The highest BCUT2D eigenvalue weighted by atomic mass is 15.6. The number of benzene rings is 2. The van der Waals surface area contributed by atoms with Crippen LogP contribution in [0.3, 0.4) is 0 Å². The van der Waals surface area contributed by atoms with Crippen molar-refractivity contribution < 1.29 is 0 Å². The fourth-order valence-corrected chi connectivity index (χ4v) is 5.37. The summed E-state index contributed by atoms with van der Waals surface area (Å²) in [5.41, 5.74) is 14.2. The summed E-state index contributed by atoms with van der Waals surface area (Å²) in [6.45, 7) is 22.3. The van der Waals surface area contributed by atoms with Gasteiger partial charge in [0.15, 0.2) is 0 Å². The predicted molar refractivity (Wildman–Crippen MR) is 204 cm³/mol. The molecular formula is C43H49N3. The van der Waals surface area contributed by atoms with E-state index >= 15 is 0 Å². The van der Waals surface area contributed by atoms with Gasteiger partial charge in [-0.1, -0.05) is 155 Å². The molecule has 2 aliphatic rings. The lowest BCUT2D eigenvalue weighted by Crippen LogP contribution is -2.40. The summed E-state index contributed by atoms with van der Waals surface area (Å²) < 4.78 is 0. The number of hydrogen-bond donors (Lipinski definition) is 2. The number of nitrogens with zero attached hydrogens (tertiary/aromatic N) is 1. The minimum absolute atomic E-state index is 0.112. The van der Waals surface area contributed by atoms with Gasteiger partial charge in [-0.2, -0.15) is 5.53 Å². The summed E-state index contributed by atoms with van der Waals surface area (Å²) in [6, 6.07) is 16.8. The maximum atomic E-state index is 5.98. The van der Waals surface area contributed by atoms with Gasteiger partial charge in [0.1, 0.15) is 0 Å². The summed E-state index contributed by atoms with van der Waals surface area (Å²) >= 11 is 0. The molecule has 0 fully saturated rings. The van der Waals surface area contributed by atoms with Crippen LogP contribution < -0.4 is 16.4 Å². The van der Waals surface area contributed by atoms with E-state index in [9.17, 15) is 0 Å². The van der Waals surface area contributed by atoms with Gasteiger partial charge in [0, 0.05) is 22.8 Å². The van der Waals surface area contributed by atoms with Crippen LogP contribution in [-0.2, 0) is 0 Å². The molecule has 46 heavy (non-hydrogen) atoms. The predicted octanol–water partition coefficient (Wildman–Crippen LogP) is 11.2. The van der Waals surface area contributed by atoms with Gasteiger partial charge >= 0.3 is 0 Å². The van der Waals surface area contributed by atoms with Crippen molar-refractivity contribution in [2.24, 2.45) is 11.3 Å². The first-order valence-electron chi connectivity index (χ1n) is 15.7. The van der Waals surface area contributed by atoms with Crippen LogP contribution in [0.5, 0.6) is 0 Å². The van der Waals surface area contributed by atoms with E-state index in [-0.39, 0.29) is 5.41 Å². The van der Waals surface area contributed by atoms with Gasteiger partial charge < -0.3 is 0 Å². The highest BCUT2D eigenvalue weighted by Crippen LogP contribution is 2.48. The van der Waals surface area contributed by atoms with Crippen molar-refractivity contribution in [3.05, 3.63) is 193 Å². The third-order valence-corrected chi connectivity index (χ3v) is 7.86. The van der Waals surface area contributed by atoms with Crippen molar-refractivity contribution in [1.29, 1.82) is 0 Å². The second kappa shape index (κ2) is 17.5. The fourth-order valence-electron chi connectivity index (χ4n) is 5.37. The average Bonchev–Trinajstić information content (AvgIpc) is 3.30. The second-order valence-electron chi connectivity index (χ2n) is 11.5. The Morgan fingerprint density at radius 2 is 1.52 bits per heavy atom. The lowest BCUT2D eigenvalue weighted by Gasteiger charge is -2.28. The first-order chi connectivity index (χ1) is 22.2. The minimum atomic E-state index is -0.112. The number of rotatable bonds is 10. The molecule has 1 aliphatic carbocycles. The molecule has 3 nitrogen and oxygen atoms in total. The van der Waals surface area contributed by atoms with Crippen LogP contribution in [0.15, 0.2) is 187 Å². The third-order valence-electron chi connectivity index (χ3n) is 7.86. The molecule has 0 bridgehead atoms. The van der Waals surface area contributed by atoms with Crippen LogP contribution >= 0.6 is 0 Å². The van der Waals surface area contributed by atoms with Crippen molar-refractivity contribution in [2.45, 2.75) is 41.0 Å². The molecule has 0 aromatic heterocycles. The third kappa shape index (κ3) is 9.28. The SMILES string of the molecule is C=C/C=C\C(=C/C)CC(/C=C\C=C)=C/C.C=C1/C=C2\C(=C/N(NN)c3ccc(-c4ccccc4)cc31)C(/C=C\C=C/C)=CC2(C)C. The molecule has 1 aliphatic heterocycles. The molecule has 0 saturated heterocycles. The molecule has 4 rings (SSSR count). The molecule has 236 valence electrons. The fraction of sp³-hybridized carbons (Fsp3) is 0.163. The Kier molecular flexibility index (Phi) is 13.5. The molecule has 0 atom stereocenters. The summed E-state index contributed by atoms with van der Waals surface area (Å²) in [5, 5.41) is 1.89. The number of nitrogens with two attached hydrogens (primary N) is 1. The van der Waals surface area contributed by atoms with E-state index < -0.39 is 0 Å². The van der Waals surface area contributed by atoms with Crippen LogP contribution in [0.25, 0.3) is 16.7 Å². The van der Waals surface area contributed by atoms with Gasteiger partial charge in [-0.3, -0.25) is 10.9 Å². The van der Waals surface area contributed by atoms with Crippen molar-refractivity contribution in [2.75, 3.05) is 5.01 Å². The molecule has 0 amide bonds. The zero-order chi connectivity index (χ0) is 33.5. The number of hydrogen-bond acceptors (Lipinski definition) is 3. The van der Waals surface area contributed by atoms with Crippen LogP contribution in [0, 0.1) is 5.41 Å². The topological polar surface area (TPSA) is 41.3 Å². The Morgan fingerprint density at radius 1 is 0.870 bits per heavy atom. The normalized spacial score (nSPS) is 18.7. The number of nitrogens with one attached hydrogen (secondary N) is 1. The summed E-state index contributed by atoms with van der Waals surface area (Å²) in [4.78, 5) is 0. The van der Waals surface area contributed by atoms with E-state index in [4.69, 9.17) is 5.84 Å². The van der Waals surface area contributed by atoms with E-state index in [1.165, 1.54) is 27.9 Å². The zero-order valence-electron chi connectivity index (χ0n) is 28.1. The maximum Gasteiger partial charge on any atom is 0.0663 e.